The van der Waals surface area contributed by atoms with Gasteiger partial charge in [-0.05, 0) is 36.8 Å². The maximum absolute atomic E-state index is 11.9. The van der Waals surface area contributed by atoms with Crippen LogP contribution in [-0.4, -0.2) is 25.6 Å². The van der Waals surface area contributed by atoms with Crippen LogP contribution in [0.15, 0.2) is 24.3 Å². The Morgan fingerprint density at radius 2 is 2.20 bits per heavy atom. The highest BCUT2D eigenvalue weighted by Crippen LogP contribution is 2.26. The summed E-state index contributed by atoms with van der Waals surface area (Å²) in [4.78, 5) is 11.9. The topological polar surface area (TPSA) is 64.3 Å². The molecule has 0 saturated heterocycles. The zero-order valence-electron chi connectivity index (χ0n) is 12.1. The molecule has 0 aliphatic heterocycles. The lowest BCUT2D eigenvalue weighted by Gasteiger charge is -2.15. The van der Waals surface area contributed by atoms with Crippen molar-refractivity contribution in [1.82, 2.24) is 5.32 Å². The Morgan fingerprint density at radius 3 is 2.90 bits per heavy atom. The third-order valence-corrected chi connectivity index (χ3v) is 4.07. The summed E-state index contributed by atoms with van der Waals surface area (Å²) in [6, 6.07) is 8.10. The molecule has 110 valence electrons. The molecule has 4 heteroatoms. The molecule has 1 fully saturated rings. The van der Waals surface area contributed by atoms with Crippen molar-refractivity contribution in [2.45, 2.75) is 38.1 Å². The Kier molecular flexibility index (Phi) is 5.41. The number of carbonyl (C=O) groups is 1. The number of para-hydroxylation sites is 1. The molecule has 1 amide bonds. The second-order valence-corrected chi connectivity index (χ2v) is 5.47. The Balaban J connectivity index is 1.73. The average Bonchev–Trinajstić information content (AvgIpc) is 2.85. The first-order chi connectivity index (χ1) is 9.70. The maximum atomic E-state index is 11.9. The van der Waals surface area contributed by atoms with Crippen molar-refractivity contribution in [3.8, 4) is 5.75 Å². The number of rotatable bonds is 6. The van der Waals surface area contributed by atoms with E-state index in [-0.39, 0.29) is 11.9 Å². The molecule has 3 N–H and O–H groups in total. The van der Waals surface area contributed by atoms with E-state index in [4.69, 9.17) is 10.5 Å². The minimum Gasteiger partial charge on any atom is -0.496 e. The van der Waals surface area contributed by atoms with Gasteiger partial charge in [0.2, 0.25) is 5.91 Å². The van der Waals surface area contributed by atoms with Gasteiger partial charge in [-0.2, -0.15) is 0 Å². The molecule has 0 heterocycles. The molecule has 0 unspecified atom stereocenters. The van der Waals surface area contributed by atoms with Crippen LogP contribution in [-0.2, 0) is 11.2 Å². The number of benzene rings is 1. The Labute approximate surface area is 120 Å². The SMILES string of the molecule is COc1ccccc1CCNC(=O)C[C@@H]1CCC[C@H]1N. The van der Waals surface area contributed by atoms with E-state index in [1.807, 2.05) is 24.3 Å². The van der Waals surface area contributed by atoms with Crippen LogP contribution in [0.2, 0.25) is 0 Å². The van der Waals surface area contributed by atoms with Gasteiger partial charge in [0.1, 0.15) is 5.75 Å². The average molecular weight is 276 g/mol. The molecule has 0 radical (unpaired) electrons. The fourth-order valence-electron chi connectivity index (χ4n) is 2.88. The number of methoxy groups -OCH3 is 1. The van der Waals surface area contributed by atoms with Crippen LogP contribution in [0.4, 0.5) is 0 Å². The number of hydrogen-bond acceptors (Lipinski definition) is 3. The molecule has 1 aliphatic carbocycles. The monoisotopic (exact) mass is 276 g/mol. The normalized spacial score (nSPS) is 21.7. The first-order valence-electron chi connectivity index (χ1n) is 7.35. The van der Waals surface area contributed by atoms with Gasteiger partial charge in [0, 0.05) is 19.0 Å². The molecule has 4 nitrogen and oxygen atoms in total. The van der Waals surface area contributed by atoms with Crippen molar-refractivity contribution in [2.24, 2.45) is 11.7 Å². The summed E-state index contributed by atoms with van der Waals surface area (Å²) in [5.41, 5.74) is 7.11. The molecule has 20 heavy (non-hydrogen) atoms. The molecule has 1 aromatic rings. The number of amides is 1. The van der Waals surface area contributed by atoms with Crippen LogP contribution in [0.1, 0.15) is 31.2 Å². The van der Waals surface area contributed by atoms with E-state index in [0.717, 1.165) is 37.0 Å². The summed E-state index contributed by atoms with van der Waals surface area (Å²) in [6.07, 6.45) is 4.64. The number of nitrogens with one attached hydrogen (secondary N) is 1. The summed E-state index contributed by atoms with van der Waals surface area (Å²) in [6.45, 7) is 0.640. The molecule has 2 rings (SSSR count). The van der Waals surface area contributed by atoms with Crippen LogP contribution in [0.5, 0.6) is 5.75 Å². The summed E-state index contributed by atoms with van der Waals surface area (Å²) < 4.78 is 5.30. The van der Waals surface area contributed by atoms with Crippen LogP contribution in [0, 0.1) is 5.92 Å². The fourth-order valence-corrected chi connectivity index (χ4v) is 2.88. The van der Waals surface area contributed by atoms with E-state index in [1.165, 1.54) is 0 Å². The van der Waals surface area contributed by atoms with Crippen molar-refractivity contribution in [3.63, 3.8) is 0 Å². The summed E-state index contributed by atoms with van der Waals surface area (Å²) in [7, 11) is 1.67. The van der Waals surface area contributed by atoms with Crippen molar-refractivity contribution in [3.05, 3.63) is 29.8 Å². The predicted molar refractivity (Wildman–Crippen MR) is 79.6 cm³/mol. The Bertz CT molecular complexity index is 448. The molecule has 0 aromatic heterocycles. The van der Waals surface area contributed by atoms with Crippen LogP contribution < -0.4 is 15.8 Å². The van der Waals surface area contributed by atoms with Crippen LogP contribution in [0.3, 0.4) is 0 Å². The van der Waals surface area contributed by atoms with E-state index >= 15 is 0 Å². The van der Waals surface area contributed by atoms with Crippen molar-refractivity contribution >= 4 is 5.91 Å². The van der Waals surface area contributed by atoms with Gasteiger partial charge in [0.25, 0.3) is 0 Å². The maximum Gasteiger partial charge on any atom is 0.220 e. The standard InChI is InChI=1S/C16H24N2O2/c1-20-15-8-3-2-5-12(15)9-10-18-16(19)11-13-6-4-7-14(13)17/h2-3,5,8,13-14H,4,6-7,9-11,17H2,1H3,(H,18,19)/t13-,14+/m0/s1. The molecular weight excluding hydrogens is 252 g/mol. The van der Waals surface area contributed by atoms with E-state index in [2.05, 4.69) is 5.32 Å². The predicted octanol–water partition coefficient (Wildman–Crippen LogP) is 1.87. The Hall–Kier alpha value is -1.55. The van der Waals surface area contributed by atoms with Crippen molar-refractivity contribution in [1.29, 1.82) is 0 Å². The van der Waals surface area contributed by atoms with Gasteiger partial charge in [0.05, 0.1) is 7.11 Å². The quantitative estimate of drug-likeness (QED) is 0.833. The lowest BCUT2D eigenvalue weighted by atomic mass is 10.00. The first-order valence-corrected chi connectivity index (χ1v) is 7.35. The van der Waals surface area contributed by atoms with Crippen molar-refractivity contribution in [2.75, 3.05) is 13.7 Å². The summed E-state index contributed by atoms with van der Waals surface area (Å²) in [5, 5.41) is 2.98. The number of hydrogen-bond donors (Lipinski definition) is 2. The lowest BCUT2D eigenvalue weighted by molar-refractivity contribution is -0.122. The van der Waals surface area contributed by atoms with Gasteiger partial charge >= 0.3 is 0 Å². The number of ether oxygens (including phenoxy) is 1. The van der Waals surface area contributed by atoms with E-state index in [1.54, 1.807) is 7.11 Å². The van der Waals surface area contributed by atoms with Crippen LogP contribution >= 0.6 is 0 Å². The Morgan fingerprint density at radius 1 is 1.40 bits per heavy atom. The third kappa shape index (κ3) is 3.97. The fraction of sp³-hybridized carbons (Fsp3) is 0.562. The van der Waals surface area contributed by atoms with Gasteiger partial charge < -0.3 is 15.8 Å². The highest BCUT2D eigenvalue weighted by Gasteiger charge is 2.25. The zero-order valence-corrected chi connectivity index (χ0v) is 12.1. The van der Waals surface area contributed by atoms with Gasteiger partial charge in [-0.25, -0.2) is 0 Å². The minimum absolute atomic E-state index is 0.113. The molecule has 1 aromatic carbocycles. The summed E-state index contributed by atoms with van der Waals surface area (Å²) in [5.74, 6) is 1.35. The number of carbonyl (C=O) groups excluding carboxylic acids is 1. The third-order valence-electron chi connectivity index (χ3n) is 4.07. The van der Waals surface area contributed by atoms with Crippen LogP contribution in [0.25, 0.3) is 0 Å². The van der Waals surface area contributed by atoms with E-state index in [9.17, 15) is 4.79 Å². The molecule has 2 atom stereocenters. The molecule has 1 saturated carbocycles. The second-order valence-electron chi connectivity index (χ2n) is 5.47. The van der Waals surface area contributed by atoms with Crippen molar-refractivity contribution < 1.29 is 9.53 Å². The van der Waals surface area contributed by atoms with Gasteiger partial charge in [0.15, 0.2) is 0 Å². The minimum atomic E-state index is 0.113. The highest BCUT2D eigenvalue weighted by molar-refractivity contribution is 5.76. The zero-order chi connectivity index (χ0) is 14.4. The van der Waals surface area contributed by atoms with Gasteiger partial charge in [-0.1, -0.05) is 24.6 Å². The first kappa shape index (κ1) is 14.9. The smallest absolute Gasteiger partial charge is 0.220 e. The van der Waals surface area contributed by atoms with E-state index < -0.39 is 0 Å². The second kappa shape index (κ2) is 7.29. The van der Waals surface area contributed by atoms with E-state index in [0.29, 0.717) is 18.9 Å². The molecule has 0 spiro atoms. The highest BCUT2D eigenvalue weighted by atomic mass is 16.5. The van der Waals surface area contributed by atoms with Gasteiger partial charge in [-0.15, -0.1) is 0 Å². The lowest BCUT2D eigenvalue weighted by Crippen LogP contribution is -2.32. The molecule has 0 bridgehead atoms. The number of nitrogens with two attached hydrogens (primary N) is 1. The summed E-state index contributed by atoms with van der Waals surface area (Å²) >= 11 is 0. The largest absolute Gasteiger partial charge is 0.496 e. The molecular formula is C16H24N2O2. The van der Waals surface area contributed by atoms with Gasteiger partial charge in [-0.3, -0.25) is 4.79 Å². The molecule has 1 aliphatic rings.